The lowest BCUT2D eigenvalue weighted by molar-refractivity contribution is -0.131. The summed E-state index contributed by atoms with van der Waals surface area (Å²) in [6, 6.07) is 3.61. The predicted molar refractivity (Wildman–Crippen MR) is 73.6 cm³/mol. The maximum atomic E-state index is 13.7. The van der Waals surface area contributed by atoms with Crippen LogP contribution in [0.25, 0.3) is 0 Å². The normalized spacial score (nSPS) is 34.1. The van der Waals surface area contributed by atoms with Gasteiger partial charge in [-0.2, -0.15) is 0 Å². The average Bonchev–Trinajstić information content (AvgIpc) is 3.08. The monoisotopic (exact) mass is 276 g/mol. The summed E-state index contributed by atoms with van der Waals surface area (Å²) in [5, 5.41) is 3.60. The van der Waals surface area contributed by atoms with Gasteiger partial charge in [0.15, 0.2) is 0 Å². The summed E-state index contributed by atoms with van der Waals surface area (Å²) in [6.07, 6.45) is 8.40. The molecular weight excluding hydrogens is 255 g/mol. The van der Waals surface area contributed by atoms with Gasteiger partial charge in [0.1, 0.15) is 5.82 Å². The summed E-state index contributed by atoms with van der Waals surface area (Å²) in [4.78, 5) is 4.14. The van der Waals surface area contributed by atoms with Crippen LogP contribution in [0.2, 0.25) is 0 Å². The van der Waals surface area contributed by atoms with Gasteiger partial charge in [0.05, 0.1) is 11.8 Å². The van der Waals surface area contributed by atoms with E-state index in [9.17, 15) is 4.39 Å². The molecule has 2 heterocycles. The minimum absolute atomic E-state index is 0.209. The maximum absolute atomic E-state index is 13.7. The van der Waals surface area contributed by atoms with E-state index in [4.69, 9.17) is 4.74 Å². The first kappa shape index (κ1) is 12.7. The summed E-state index contributed by atoms with van der Waals surface area (Å²) in [7, 11) is 0. The highest BCUT2D eigenvalue weighted by Crippen LogP contribution is 2.60. The maximum Gasteiger partial charge on any atom is 0.146 e. The Morgan fingerprint density at radius 1 is 1.40 bits per heavy atom. The van der Waals surface area contributed by atoms with Crippen molar-refractivity contribution in [1.82, 2.24) is 10.3 Å². The van der Waals surface area contributed by atoms with Crippen LogP contribution in [0.15, 0.2) is 18.3 Å². The van der Waals surface area contributed by atoms with E-state index in [2.05, 4.69) is 10.3 Å². The third-order valence-corrected chi connectivity index (χ3v) is 5.61. The largest absolute Gasteiger partial charge is 0.377 e. The van der Waals surface area contributed by atoms with Crippen LogP contribution in [0.3, 0.4) is 0 Å². The number of hydrogen-bond acceptors (Lipinski definition) is 3. The summed E-state index contributed by atoms with van der Waals surface area (Å²) < 4.78 is 19.6. The fourth-order valence-corrected chi connectivity index (χ4v) is 4.76. The average molecular weight is 276 g/mol. The second kappa shape index (κ2) is 4.78. The predicted octanol–water partition coefficient (Wildman–Crippen LogP) is 2.66. The first-order valence-electron chi connectivity index (χ1n) is 7.76. The van der Waals surface area contributed by atoms with Crippen LogP contribution >= 0.6 is 0 Å². The molecule has 4 heteroatoms. The molecule has 1 aromatic heterocycles. The smallest absolute Gasteiger partial charge is 0.146 e. The number of aromatic nitrogens is 1. The molecule has 1 N–H and O–H groups in total. The molecule has 0 radical (unpaired) electrons. The van der Waals surface area contributed by atoms with E-state index in [1.165, 1.54) is 31.7 Å². The Hall–Kier alpha value is -1.00. The number of pyridine rings is 1. The summed E-state index contributed by atoms with van der Waals surface area (Å²) >= 11 is 0. The zero-order valence-electron chi connectivity index (χ0n) is 11.6. The van der Waals surface area contributed by atoms with Crippen LogP contribution in [-0.2, 0) is 11.3 Å². The highest BCUT2D eigenvalue weighted by atomic mass is 19.1. The zero-order valence-corrected chi connectivity index (χ0v) is 11.6. The Labute approximate surface area is 118 Å². The molecule has 0 aromatic carbocycles. The second-order valence-corrected chi connectivity index (χ2v) is 6.47. The first-order chi connectivity index (χ1) is 9.81. The molecule has 4 rings (SSSR count). The lowest BCUT2D eigenvalue weighted by Gasteiger charge is -2.57. The molecule has 3 nitrogen and oxygen atoms in total. The van der Waals surface area contributed by atoms with Crippen LogP contribution < -0.4 is 5.32 Å². The molecule has 0 amide bonds. The molecule has 1 aliphatic heterocycles. The molecule has 20 heavy (non-hydrogen) atoms. The van der Waals surface area contributed by atoms with Crippen LogP contribution in [0.1, 0.15) is 37.8 Å². The van der Waals surface area contributed by atoms with E-state index in [0.717, 1.165) is 13.0 Å². The minimum atomic E-state index is -0.209. The lowest BCUT2D eigenvalue weighted by Crippen LogP contribution is -2.67. The Bertz CT molecular complexity index is 501. The lowest BCUT2D eigenvalue weighted by atomic mass is 9.54. The van der Waals surface area contributed by atoms with E-state index in [-0.39, 0.29) is 5.82 Å². The van der Waals surface area contributed by atoms with Gasteiger partial charge in [-0.05, 0) is 31.4 Å². The topological polar surface area (TPSA) is 34.2 Å². The molecule has 1 saturated heterocycles. The summed E-state index contributed by atoms with van der Waals surface area (Å²) in [6.45, 7) is 1.43. The third kappa shape index (κ3) is 1.74. The highest BCUT2D eigenvalue weighted by molar-refractivity contribution is 5.17. The molecule has 3 aliphatic rings. The van der Waals surface area contributed by atoms with E-state index in [1.807, 2.05) is 0 Å². The fourth-order valence-electron chi connectivity index (χ4n) is 4.76. The number of nitrogens with one attached hydrogen (secondary N) is 1. The molecule has 3 fully saturated rings. The van der Waals surface area contributed by atoms with Gasteiger partial charge in [-0.15, -0.1) is 0 Å². The van der Waals surface area contributed by atoms with Crippen molar-refractivity contribution in [3.63, 3.8) is 0 Å². The Morgan fingerprint density at radius 2 is 2.25 bits per heavy atom. The summed E-state index contributed by atoms with van der Waals surface area (Å²) in [5.74, 6) is 0.416. The van der Waals surface area contributed by atoms with Gasteiger partial charge < -0.3 is 10.1 Å². The number of rotatable bonds is 3. The molecule has 3 unspecified atom stereocenters. The molecule has 2 aliphatic carbocycles. The van der Waals surface area contributed by atoms with Crippen LogP contribution in [0, 0.1) is 17.2 Å². The molecule has 1 aromatic rings. The van der Waals surface area contributed by atoms with Crippen molar-refractivity contribution in [2.45, 2.75) is 50.8 Å². The molecule has 2 saturated carbocycles. The Morgan fingerprint density at radius 3 is 3.05 bits per heavy atom. The third-order valence-electron chi connectivity index (χ3n) is 5.61. The van der Waals surface area contributed by atoms with Gasteiger partial charge in [0.2, 0.25) is 0 Å². The van der Waals surface area contributed by atoms with Crippen LogP contribution in [-0.4, -0.2) is 23.7 Å². The zero-order chi connectivity index (χ0) is 13.6. The standard InChI is InChI=1S/C16H21FN2O/c17-12-4-3-8-18-13(12)10-19-14-11-5-9-20-15(11)16(14)6-1-2-7-16/h3-4,8,11,14-15,19H,1-2,5-7,9-10H2. The molecule has 3 atom stereocenters. The van der Waals surface area contributed by atoms with Gasteiger partial charge >= 0.3 is 0 Å². The highest BCUT2D eigenvalue weighted by Gasteiger charge is 2.64. The summed E-state index contributed by atoms with van der Waals surface area (Å²) in [5.41, 5.74) is 0.856. The van der Waals surface area contributed by atoms with Gasteiger partial charge in [-0.1, -0.05) is 12.8 Å². The van der Waals surface area contributed by atoms with Crippen LogP contribution in [0.4, 0.5) is 4.39 Å². The van der Waals surface area contributed by atoms with E-state index in [1.54, 1.807) is 12.3 Å². The van der Waals surface area contributed by atoms with Crippen molar-refractivity contribution < 1.29 is 9.13 Å². The molecule has 1 spiro atoms. The number of halogens is 1. The molecule has 0 bridgehead atoms. The van der Waals surface area contributed by atoms with Gasteiger partial charge in [-0.3, -0.25) is 4.98 Å². The number of ether oxygens (including phenoxy) is 1. The van der Waals surface area contributed by atoms with Crippen molar-refractivity contribution in [3.8, 4) is 0 Å². The van der Waals surface area contributed by atoms with Crippen molar-refractivity contribution in [1.29, 1.82) is 0 Å². The Balaban J connectivity index is 1.49. The number of nitrogens with zero attached hydrogens (tertiary/aromatic N) is 1. The quantitative estimate of drug-likeness (QED) is 0.921. The Kier molecular flexibility index (Phi) is 3.04. The van der Waals surface area contributed by atoms with Gasteiger partial charge in [-0.25, -0.2) is 4.39 Å². The van der Waals surface area contributed by atoms with Crippen molar-refractivity contribution in [3.05, 3.63) is 29.8 Å². The minimum Gasteiger partial charge on any atom is -0.377 e. The van der Waals surface area contributed by atoms with E-state index < -0.39 is 0 Å². The molecule has 108 valence electrons. The SMILES string of the molecule is Fc1cccnc1CNC1C2CCOC2C12CCCC2. The molecular formula is C16H21FN2O. The fraction of sp³-hybridized carbons (Fsp3) is 0.688. The number of fused-ring (bicyclic) bond motifs is 2. The van der Waals surface area contributed by atoms with E-state index >= 15 is 0 Å². The van der Waals surface area contributed by atoms with Gasteiger partial charge in [0.25, 0.3) is 0 Å². The van der Waals surface area contributed by atoms with Crippen LogP contribution in [0.5, 0.6) is 0 Å². The number of hydrogen-bond donors (Lipinski definition) is 1. The first-order valence-corrected chi connectivity index (χ1v) is 7.76. The van der Waals surface area contributed by atoms with Crippen molar-refractivity contribution in [2.24, 2.45) is 11.3 Å². The van der Waals surface area contributed by atoms with Gasteiger partial charge in [0, 0.05) is 36.7 Å². The van der Waals surface area contributed by atoms with Crippen molar-refractivity contribution >= 4 is 0 Å². The second-order valence-electron chi connectivity index (χ2n) is 6.47. The van der Waals surface area contributed by atoms with E-state index in [0.29, 0.717) is 35.7 Å². The van der Waals surface area contributed by atoms with Crippen molar-refractivity contribution in [2.75, 3.05) is 6.61 Å².